The minimum Gasteiger partial charge on any atom is -0.347 e. The second-order valence-electron chi connectivity index (χ2n) is 6.30. The van der Waals surface area contributed by atoms with Gasteiger partial charge in [0.05, 0.1) is 23.3 Å². The van der Waals surface area contributed by atoms with Gasteiger partial charge < -0.3 is 10.6 Å². The van der Waals surface area contributed by atoms with Gasteiger partial charge in [-0.25, -0.2) is 8.42 Å². The van der Waals surface area contributed by atoms with Crippen molar-refractivity contribution in [2.75, 3.05) is 25.0 Å². The number of sulfonamides is 1. The highest BCUT2D eigenvalue weighted by molar-refractivity contribution is 7.89. The molecule has 2 aromatic rings. The van der Waals surface area contributed by atoms with Gasteiger partial charge in [0.1, 0.15) is 0 Å². The third-order valence-electron chi connectivity index (χ3n) is 4.30. The maximum Gasteiger partial charge on any atom is 0.243 e. The third kappa shape index (κ3) is 6.65. The zero-order chi connectivity index (χ0) is 21.3. The lowest BCUT2D eigenvalue weighted by molar-refractivity contribution is -0.124. The van der Waals surface area contributed by atoms with Gasteiger partial charge in [-0.05, 0) is 36.2 Å². The van der Waals surface area contributed by atoms with E-state index in [1.165, 1.54) is 10.5 Å². The predicted molar refractivity (Wildman–Crippen MR) is 111 cm³/mol. The summed E-state index contributed by atoms with van der Waals surface area (Å²) >= 11 is 0. The molecule has 9 heteroatoms. The lowest BCUT2D eigenvalue weighted by atomic mass is 10.1. The molecule has 0 saturated heterocycles. The zero-order valence-corrected chi connectivity index (χ0v) is 17.4. The highest BCUT2D eigenvalue weighted by Gasteiger charge is 2.21. The summed E-state index contributed by atoms with van der Waals surface area (Å²) in [6.45, 7) is 4.29. The van der Waals surface area contributed by atoms with Crippen LogP contribution in [0.1, 0.15) is 25.8 Å². The van der Waals surface area contributed by atoms with E-state index < -0.39 is 10.0 Å². The van der Waals surface area contributed by atoms with E-state index in [2.05, 4.69) is 15.6 Å². The normalized spacial score (nSPS) is 11.3. The van der Waals surface area contributed by atoms with Gasteiger partial charge in [0, 0.05) is 25.7 Å². The molecule has 29 heavy (non-hydrogen) atoms. The first-order valence-electron chi connectivity index (χ1n) is 9.42. The van der Waals surface area contributed by atoms with Crippen LogP contribution < -0.4 is 10.6 Å². The van der Waals surface area contributed by atoms with Crippen molar-refractivity contribution in [1.82, 2.24) is 14.6 Å². The fraction of sp³-hybridized carbons (Fsp3) is 0.350. The first-order valence-corrected chi connectivity index (χ1v) is 10.9. The molecule has 2 rings (SSSR count). The van der Waals surface area contributed by atoms with Crippen molar-refractivity contribution in [3.05, 3.63) is 54.4 Å². The molecule has 0 spiro atoms. The van der Waals surface area contributed by atoms with Gasteiger partial charge in [0.2, 0.25) is 21.8 Å². The zero-order valence-electron chi connectivity index (χ0n) is 16.6. The average Bonchev–Trinajstić information content (AvgIpc) is 2.72. The van der Waals surface area contributed by atoms with Crippen molar-refractivity contribution < 1.29 is 18.0 Å². The number of hydrogen-bond donors (Lipinski definition) is 2. The van der Waals surface area contributed by atoms with Crippen LogP contribution in [0.2, 0.25) is 0 Å². The lowest BCUT2D eigenvalue weighted by Crippen LogP contribution is -2.33. The Morgan fingerprint density at radius 3 is 2.31 bits per heavy atom. The number of amides is 2. The summed E-state index contributed by atoms with van der Waals surface area (Å²) in [5, 5.41) is 5.20. The van der Waals surface area contributed by atoms with Crippen LogP contribution in [-0.4, -0.2) is 49.2 Å². The molecule has 2 amide bonds. The summed E-state index contributed by atoms with van der Waals surface area (Å²) < 4.78 is 26.3. The fourth-order valence-electron chi connectivity index (χ4n) is 2.71. The molecule has 0 unspecified atom stereocenters. The van der Waals surface area contributed by atoms with Crippen molar-refractivity contribution in [3.8, 4) is 0 Å². The van der Waals surface area contributed by atoms with E-state index in [0.29, 0.717) is 25.2 Å². The second-order valence-corrected chi connectivity index (χ2v) is 8.24. The predicted octanol–water partition coefficient (Wildman–Crippen LogP) is 1.80. The van der Waals surface area contributed by atoms with Crippen LogP contribution >= 0.6 is 0 Å². The van der Waals surface area contributed by atoms with Crippen molar-refractivity contribution >= 4 is 27.5 Å². The van der Waals surface area contributed by atoms with Gasteiger partial charge in [-0.1, -0.05) is 26.0 Å². The van der Waals surface area contributed by atoms with E-state index >= 15 is 0 Å². The van der Waals surface area contributed by atoms with Crippen molar-refractivity contribution in [1.29, 1.82) is 0 Å². The number of rotatable bonds is 10. The highest BCUT2D eigenvalue weighted by Crippen LogP contribution is 2.16. The van der Waals surface area contributed by atoms with Crippen LogP contribution in [0.4, 0.5) is 5.69 Å². The first-order chi connectivity index (χ1) is 13.9. The van der Waals surface area contributed by atoms with Gasteiger partial charge in [-0.3, -0.25) is 14.6 Å². The monoisotopic (exact) mass is 418 g/mol. The fourth-order valence-corrected chi connectivity index (χ4v) is 4.17. The molecule has 0 aliphatic heterocycles. The molecule has 0 fully saturated rings. The minimum absolute atomic E-state index is 0.130. The molecule has 1 heterocycles. The molecule has 0 bridgehead atoms. The quantitative estimate of drug-likeness (QED) is 0.612. The van der Waals surface area contributed by atoms with Crippen molar-refractivity contribution in [3.63, 3.8) is 0 Å². The number of carbonyl (C=O) groups excluding carboxylic acids is 2. The summed E-state index contributed by atoms with van der Waals surface area (Å²) in [6, 6.07) is 9.94. The maximum absolute atomic E-state index is 12.5. The summed E-state index contributed by atoms with van der Waals surface area (Å²) in [5.41, 5.74) is 1.41. The molecule has 0 aliphatic carbocycles. The van der Waals surface area contributed by atoms with Gasteiger partial charge in [-0.2, -0.15) is 4.31 Å². The van der Waals surface area contributed by atoms with Gasteiger partial charge in [0.25, 0.3) is 0 Å². The number of hydrogen-bond acceptors (Lipinski definition) is 5. The second kappa shape index (κ2) is 10.7. The number of nitrogens with one attached hydrogen (secondary N) is 2. The molecule has 0 atom stereocenters. The van der Waals surface area contributed by atoms with E-state index in [1.807, 2.05) is 0 Å². The molecule has 1 aromatic carbocycles. The Morgan fingerprint density at radius 2 is 1.72 bits per heavy atom. The standard InChI is InChI=1S/C20H26N4O4S/c1-3-24(4-2)29(27,28)18-10-7-16(8-11-18)9-12-19(25)22-15-20(26)23-17-6-5-13-21-14-17/h5-8,10-11,13-14H,3-4,9,12,15H2,1-2H3,(H,22,25)(H,23,26). The van der Waals surface area contributed by atoms with Crippen LogP contribution in [0, 0.1) is 0 Å². The van der Waals surface area contributed by atoms with Crippen LogP contribution in [0.15, 0.2) is 53.7 Å². The third-order valence-corrected chi connectivity index (χ3v) is 6.36. The van der Waals surface area contributed by atoms with Crippen LogP contribution in [0.5, 0.6) is 0 Å². The summed E-state index contributed by atoms with van der Waals surface area (Å²) in [7, 11) is -3.49. The van der Waals surface area contributed by atoms with E-state index in [0.717, 1.165) is 5.56 Å². The Morgan fingerprint density at radius 1 is 1.03 bits per heavy atom. The Kier molecular flexibility index (Phi) is 8.29. The Labute approximate surface area is 171 Å². The molecule has 2 N–H and O–H groups in total. The molecule has 156 valence electrons. The Bertz CT molecular complexity index is 911. The SMILES string of the molecule is CCN(CC)S(=O)(=O)c1ccc(CCC(=O)NCC(=O)Nc2cccnc2)cc1. The largest absolute Gasteiger partial charge is 0.347 e. The number of aromatic nitrogens is 1. The number of benzene rings is 1. The van der Waals surface area contributed by atoms with Crippen LogP contribution in [0.3, 0.4) is 0 Å². The Hall–Kier alpha value is -2.78. The van der Waals surface area contributed by atoms with E-state index in [4.69, 9.17) is 0 Å². The van der Waals surface area contributed by atoms with E-state index in [-0.39, 0.29) is 29.7 Å². The molecule has 0 saturated carbocycles. The number of nitrogens with zero attached hydrogens (tertiary/aromatic N) is 2. The van der Waals surface area contributed by atoms with Crippen LogP contribution in [0.25, 0.3) is 0 Å². The molecule has 0 radical (unpaired) electrons. The van der Waals surface area contributed by atoms with Crippen LogP contribution in [-0.2, 0) is 26.0 Å². The summed E-state index contributed by atoms with van der Waals surface area (Å²) in [6.07, 6.45) is 3.76. The molecule has 0 aliphatic rings. The molecular weight excluding hydrogens is 392 g/mol. The summed E-state index contributed by atoms with van der Waals surface area (Å²) in [4.78, 5) is 27.9. The Balaban J connectivity index is 1.80. The summed E-state index contributed by atoms with van der Waals surface area (Å²) in [5.74, 6) is -0.594. The first kappa shape index (κ1) is 22.5. The smallest absolute Gasteiger partial charge is 0.243 e. The number of carbonyl (C=O) groups is 2. The molecular formula is C20H26N4O4S. The molecule has 1 aromatic heterocycles. The maximum atomic E-state index is 12.5. The van der Waals surface area contributed by atoms with E-state index in [1.54, 1.807) is 56.4 Å². The van der Waals surface area contributed by atoms with E-state index in [9.17, 15) is 18.0 Å². The van der Waals surface area contributed by atoms with Crippen molar-refractivity contribution in [2.45, 2.75) is 31.6 Å². The number of aryl methyl sites for hydroxylation is 1. The lowest BCUT2D eigenvalue weighted by Gasteiger charge is -2.18. The van der Waals surface area contributed by atoms with Crippen molar-refractivity contribution in [2.24, 2.45) is 0 Å². The topological polar surface area (TPSA) is 108 Å². The van der Waals surface area contributed by atoms with Gasteiger partial charge in [0.15, 0.2) is 0 Å². The minimum atomic E-state index is -3.49. The number of anilines is 1. The number of pyridine rings is 1. The average molecular weight is 419 g/mol. The van der Waals surface area contributed by atoms with Gasteiger partial charge in [-0.15, -0.1) is 0 Å². The highest BCUT2D eigenvalue weighted by atomic mass is 32.2. The molecule has 8 nitrogen and oxygen atoms in total. The van der Waals surface area contributed by atoms with Gasteiger partial charge >= 0.3 is 0 Å².